The fourth-order valence-electron chi connectivity index (χ4n) is 3.50. The third kappa shape index (κ3) is 7.51. The van der Waals surface area contributed by atoms with Crippen molar-refractivity contribution in [2.24, 2.45) is 0 Å². The Kier molecular flexibility index (Phi) is 9.21. The van der Waals surface area contributed by atoms with E-state index < -0.39 is 35.6 Å². The number of carboxylic acid groups (broad SMARTS) is 1. The van der Waals surface area contributed by atoms with Crippen LogP contribution in [0.15, 0.2) is 42.5 Å². The number of aliphatic carboxylic acids is 1. The molecule has 1 fully saturated rings. The molecule has 1 aliphatic heterocycles. The van der Waals surface area contributed by atoms with Crippen molar-refractivity contribution in [2.75, 3.05) is 26.2 Å². The summed E-state index contributed by atoms with van der Waals surface area (Å²) >= 11 is 0. The van der Waals surface area contributed by atoms with Crippen molar-refractivity contribution in [1.82, 2.24) is 4.90 Å². The van der Waals surface area contributed by atoms with Crippen molar-refractivity contribution in [3.05, 3.63) is 64.7 Å². The second kappa shape index (κ2) is 11.3. The minimum absolute atomic E-state index is 0. The van der Waals surface area contributed by atoms with Gasteiger partial charge in [-0.25, -0.2) is 0 Å². The summed E-state index contributed by atoms with van der Waals surface area (Å²) in [6, 6.07) is 7.67. The summed E-state index contributed by atoms with van der Waals surface area (Å²) in [7, 11) is 0. The third-order valence-electron chi connectivity index (χ3n) is 5.13. The number of hydrogen-bond donors (Lipinski definition) is 1. The molecule has 1 atom stereocenters. The molecule has 0 saturated carbocycles. The molecule has 0 aromatic heterocycles. The van der Waals surface area contributed by atoms with Gasteiger partial charge in [0.25, 0.3) is 0 Å². The van der Waals surface area contributed by atoms with Gasteiger partial charge in [0.2, 0.25) is 0 Å². The number of carbonyl (C=O) groups is 1. The fourth-order valence-corrected chi connectivity index (χ4v) is 3.50. The normalized spacial score (nSPS) is 17.2. The first-order valence-electron chi connectivity index (χ1n) is 9.99. The molecule has 1 aliphatic rings. The summed E-state index contributed by atoms with van der Waals surface area (Å²) in [6.45, 7) is 0.498. The molecule has 2 aromatic carbocycles. The maximum absolute atomic E-state index is 13.8. The van der Waals surface area contributed by atoms with Crippen molar-refractivity contribution >= 4 is 18.4 Å². The van der Waals surface area contributed by atoms with Gasteiger partial charge in [-0.3, -0.25) is 9.69 Å². The van der Waals surface area contributed by atoms with Crippen molar-refractivity contribution in [3.63, 3.8) is 0 Å². The smallest absolute Gasteiger partial charge is 0.416 e. The number of carboxylic acids is 1. The standard InChI is InChI=1S/C22H21F6NO4.ClH/c23-21(24,25)15-3-1-2-14(10-15)13-33-16-4-5-17(18(11-16)22(26,27)28)19-12-29(8-9-32-19)7-6-20(30)31;/h1-5,10-11,19H,6-9,12-13H2,(H,30,31);1H. The van der Waals surface area contributed by atoms with Gasteiger partial charge in [0, 0.05) is 19.6 Å². The summed E-state index contributed by atoms with van der Waals surface area (Å²) in [5, 5.41) is 8.82. The largest absolute Gasteiger partial charge is 0.489 e. The second-order valence-electron chi connectivity index (χ2n) is 7.54. The van der Waals surface area contributed by atoms with Crippen LogP contribution in [0.4, 0.5) is 26.3 Å². The maximum atomic E-state index is 13.8. The summed E-state index contributed by atoms with van der Waals surface area (Å²) in [5.74, 6) is -1.15. The third-order valence-corrected chi connectivity index (χ3v) is 5.13. The van der Waals surface area contributed by atoms with E-state index in [1.54, 1.807) is 4.90 Å². The number of halogens is 7. The fraction of sp³-hybridized carbons (Fsp3) is 0.409. The van der Waals surface area contributed by atoms with Crippen LogP contribution < -0.4 is 4.74 Å². The minimum atomic E-state index is -4.72. The molecule has 0 bridgehead atoms. The maximum Gasteiger partial charge on any atom is 0.416 e. The molecule has 0 radical (unpaired) electrons. The summed E-state index contributed by atoms with van der Waals surface area (Å²) < 4.78 is 90.6. The topological polar surface area (TPSA) is 59.0 Å². The highest BCUT2D eigenvalue weighted by Crippen LogP contribution is 2.39. The molecule has 0 spiro atoms. The molecule has 34 heavy (non-hydrogen) atoms. The summed E-state index contributed by atoms with van der Waals surface area (Å²) in [6.07, 6.45) is -10.3. The van der Waals surface area contributed by atoms with E-state index in [1.165, 1.54) is 24.3 Å². The molecule has 0 aliphatic carbocycles. The van der Waals surface area contributed by atoms with E-state index in [1.807, 2.05) is 0 Å². The van der Waals surface area contributed by atoms with E-state index in [4.69, 9.17) is 14.6 Å². The molecule has 12 heteroatoms. The second-order valence-corrected chi connectivity index (χ2v) is 7.54. The Bertz CT molecular complexity index is 983. The number of ether oxygens (including phenoxy) is 2. The van der Waals surface area contributed by atoms with Crippen LogP contribution in [0.2, 0.25) is 0 Å². The molecule has 1 unspecified atom stereocenters. The lowest BCUT2D eigenvalue weighted by molar-refractivity contribution is -0.141. The lowest BCUT2D eigenvalue weighted by Gasteiger charge is -2.34. The highest BCUT2D eigenvalue weighted by atomic mass is 35.5. The Morgan fingerprint density at radius 3 is 2.47 bits per heavy atom. The Hall–Kier alpha value is -2.50. The van der Waals surface area contributed by atoms with Gasteiger partial charge in [-0.15, -0.1) is 12.4 Å². The Morgan fingerprint density at radius 2 is 1.82 bits per heavy atom. The van der Waals surface area contributed by atoms with Crippen LogP contribution in [0.3, 0.4) is 0 Å². The highest BCUT2D eigenvalue weighted by molar-refractivity contribution is 5.85. The average molecular weight is 514 g/mol. The zero-order chi connectivity index (χ0) is 24.2. The lowest BCUT2D eigenvalue weighted by atomic mass is 10.00. The van der Waals surface area contributed by atoms with Crippen molar-refractivity contribution in [2.45, 2.75) is 31.5 Å². The van der Waals surface area contributed by atoms with Crippen LogP contribution in [0.1, 0.15) is 34.8 Å². The first-order chi connectivity index (χ1) is 15.4. The predicted octanol–water partition coefficient (Wildman–Crippen LogP) is 5.57. The number of hydrogen-bond acceptors (Lipinski definition) is 4. The van der Waals surface area contributed by atoms with Gasteiger partial charge in [-0.1, -0.05) is 18.2 Å². The van der Waals surface area contributed by atoms with E-state index >= 15 is 0 Å². The van der Waals surface area contributed by atoms with Gasteiger partial charge >= 0.3 is 18.3 Å². The van der Waals surface area contributed by atoms with Crippen molar-refractivity contribution < 1.29 is 45.7 Å². The molecule has 1 N–H and O–H groups in total. The van der Waals surface area contributed by atoms with Gasteiger partial charge < -0.3 is 14.6 Å². The molecule has 5 nitrogen and oxygen atoms in total. The SMILES string of the molecule is Cl.O=C(O)CCN1CCOC(c2ccc(OCc3cccc(C(F)(F)F)c3)cc2C(F)(F)F)C1. The van der Waals surface area contributed by atoms with E-state index in [9.17, 15) is 31.1 Å². The molecule has 0 amide bonds. The van der Waals surface area contributed by atoms with Crippen LogP contribution in [-0.4, -0.2) is 42.2 Å². The quantitative estimate of drug-likeness (QED) is 0.490. The number of benzene rings is 2. The molecule has 2 aromatic rings. The van der Waals surface area contributed by atoms with Gasteiger partial charge in [0.05, 0.1) is 30.3 Å². The first kappa shape index (κ1) is 27.7. The predicted molar refractivity (Wildman–Crippen MR) is 112 cm³/mol. The van der Waals surface area contributed by atoms with Crippen LogP contribution in [0.5, 0.6) is 5.75 Å². The van der Waals surface area contributed by atoms with Gasteiger partial charge in [-0.2, -0.15) is 26.3 Å². The van der Waals surface area contributed by atoms with Crippen LogP contribution >= 0.6 is 12.4 Å². The van der Waals surface area contributed by atoms with E-state index in [-0.39, 0.29) is 62.0 Å². The number of alkyl halides is 6. The molecule has 188 valence electrons. The van der Waals surface area contributed by atoms with Crippen molar-refractivity contribution in [1.29, 1.82) is 0 Å². The molecule has 3 rings (SSSR count). The molecular formula is C22H22ClF6NO4. The molecular weight excluding hydrogens is 492 g/mol. The average Bonchev–Trinajstić information content (AvgIpc) is 2.75. The van der Waals surface area contributed by atoms with Crippen LogP contribution in [0, 0.1) is 0 Å². The zero-order valence-corrected chi connectivity index (χ0v) is 18.5. The van der Waals surface area contributed by atoms with Crippen LogP contribution in [-0.2, 0) is 28.5 Å². The number of nitrogens with zero attached hydrogens (tertiary/aromatic N) is 1. The highest BCUT2D eigenvalue weighted by Gasteiger charge is 2.37. The number of rotatable bonds is 7. The monoisotopic (exact) mass is 513 g/mol. The summed E-state index contributed by atoms with van der Waals surface area (Å²) in [5.41, 5.74) is -1.81. The van der Waals surface area contributed by atoms with Gasteiger partial charge in [0.15, 0.2) is 0 Å². The Balaban J connectivity index is 0.00000408. The lowest BCUT2D eigenvalue weighted by Crippen LogP contribution is -2.40. The number of morpholine rings is 1. The van der Waals surface area contributed by atoms with E-state index in [0.717, 1.165) is 18.2 Å². The van der Waals surface area contributed by atoms with Crippen molar-refractivity contribution in [3.8, 4) is 5.75 Å². The van der Waals surface area contributed by atoms with E-state index in [2.05, 4.69) is 0 Å². The van der Waals surface area contributed by atoms with Crippen LogP contribution in [0.25, 0.3) is 0 Å². The zero-order valence-electron chi connectivity index (χ0n) is 17.7. The Morgan fingerprint density at radius 1 is 1.09 bits per heavy atom. The van der Waals surface area contributed by atoms with Gasteiger partial charge in [0.1, 0.15) is 12.4 Å². The Labute approximate surface area is 197 Å². The molecule has 1 saturated heterocycles. The minimum Gasteiger partial charge on any atom is -0.489 e. The first-order valence-corrected chi connectivity index (χ1v) is 9.99. The summed E-state index contributed by atoms with van der Waals surface area (Å²) in [4.78, 5) is 12.5. The van der Waals surface area contributed by atoms with E-state index in [0.29, 0.717) is 6.54 Å². The molecule has 1 heterocycles. The van der Waals surface area contributed by atoms with Gasteiger partial charge in [-0.05, 0) is 35.4 Å².